The van der Waals surface area contributed by atoms with Crippen LogP contribution in [0, 0.1) is 6.92 Å². The van der Waals surface area contributed by atoms with E-state index in [1.807, 2.05) is 18.2 Å². The molecule has 1 aromatic rings. The highest BCUT2D eigenvalue weighted by atomic mass is 16.3. The van der Waals surface area contributed by atoms with Crippen molar-refractivity contribution in [2.24, 2.45) is 0 Å². The van der Waals surface area contributed by atoms with Gasteiger partial charge in [-0.3, -0.25) is 0 Å². The Bertz CT molecular complexity index is 257. The van der Waals surface area contributed by atoms with E-state index in [0.29, 0.717) is 0 Å². The van der Waals surface area contributed by atoms with E-state index in [2.05, 4.69) is 19.1 Å². The first-order valence-corrected chi connectivity index (χ1v) is 4.11. The molecule has 0 aliphatic carbocycles. The maximum atomic E-state index is 8.98. The summed E-state index contributed by atoms with van der Waals surface area (Å²) in [5.41, 5.74) is 2.38. The Kier molecular flexibility index (Phi) is 3.06. The van der Waals surface area contributed by atoms with Crippen LogP contribution in [0.4, 0.5) is 0 Å². The Hall–Kier alpha value is -1.08. The molecule has 12 heavy (non-hydrogen) atoms. The van der Waals surface area contributed by atoms with Gasteiger partial charge in [0.25, 0.3) is 0 Å². The van der Waals surface area contributed by atoms with E-state index < -0.39 is 0 Å². The van der Waals surface area contributed by atoms with Gasteiger partial charge in [-0.05, 0) is 19.4 Å². The SMILES string of the molecule is Cc1ccc(C=CC(C)O)cc1. The van der Waals surface area contributed by atoms with Crippen LogP contribution in [0.5, 0.6) is 0 Å². The predicted octanol–water partition coefficient (Wildman–Crippen LogP) is 2.39. The molecule has 1 nitrogen and oxygen atoms in total. The molecule has 64 valence electrons. The summed E-state index contributed by atoms with van der Waals surface area (Å²) in [6, 6.07) is 8.19. The Morgan fingerprint density at radius 1 is 1.25 bits per heavy atom. The lowest BCUT2D eigenvalue weighted by atomic mass is 10.1. The van der Waals surface area contributed by atoms with Gasteiger partial charge in [0.2, 0.25) is 0 Å². The van der Waals surface area contributed by atoms with Crippen LogP contribution < -0.4 is 0 Å². The molecule has 0 aliphatic heterocycles. The molecular formula is C11H14O. The standard InChI is InChI=1S/C11H14O/c1-9-3-6-11(7-4-9)8-5-10(2)12/h3-8,10,12H,1-2H3. The Balaban J connectivity index is 2.71. The Labute approximate surface area is 73.4 Å². The van der Waals surface area contributed by atoms with E-state index in [9.17, 15) is 0 Å². The second-order valence-corrected chi connectivity index (χ2v) is 3.01. The van der Waals surface area contributed by atoms with Crippen molar-refractivity contribution in [1.82, 2.24) is 0 Å². The average molecular weight is 162 g/mol. The molecule has 1 N–H and O–H groups in total. The number of aliphatic hydroxyl groups excluding tert-OH is 1. The van der Waals surface area contributed by atoms with Crippen LogP contribution in [-0.4, -0.2) is 11.2 Å². The molecule has 1 aromatic carbocycles. The molecule has 0 bridgehead atoms. The Morgan fingerprint density at radius 2 is 1.83 bits per heavy atom. The lowest BCUT2D eigenvalue weighted by Crippen LogP contribution is -1.91. The first-order chi connectivity index (χ1) is 5.68. The van der Waals surface area contributed by atoms with Gasteiger partial charge >= 0.3 is 0 Å². The molecule has 0 saturated heterocycles. The zero-order valence-electron chi connectivity index (χ0n) is 7.49. The maximum absolute atomic E-state index is 8.98. The van der Waals surface area contributed by atoms with Gasteiger partial charge in [0.15, 0.2) is 0 Å². The third-order valence-corrected chi connectivity index (χ3v) is 1.64. The Morgan fingerprint density at radius 3 is 2.33 bits per heavy atom. The summed E-state index contributed by atoms with van der Waals surface area (Å²) in [7, 11) is 0. The van der Waals surface area contributed by atoms with Gasteiger partial charge < -0.3 is 5.11 Å². The van der Waals surface area contributed by atoms with Crippen molar-refractivity contribution in [2.45, 2.75) is 20.0 Å². The number of rotatable bonds is 2. The lowest BCUT2D eigenvalue weighted by Gasteiger charge is -1.96. The summed E-state index contributed by atoms with van der Waals surface area (Å²) < 4.78 is 0. The first-order valence-electron chi connectivity index (χ1n) is 4.11. The van der Waals surface area contributed by atoms with Crippen LogP contribution in [0.15, 0.2) is 30.3 Å². The van der Waals surface area contributed by atoms with Gasteiger partial charge in [0.1, 0.15) is 0 Å². The van der Waals surface area contributed by atoms with Crippen molar-refractivity contribution in [3.05, 3.63) is 41.5 Å². The van der Waals surface area contributed by atoms with Gasteiger partial charge in [-0.1, -0.05) is 42.0 Å². The normalized spacial score (nSPS) is 13.6. The highest BCUT2D eigenvalue weighted by Crippen LogP contribution is 2.05. The van der Waals surface area contributed by atoms with E-state index in [1.165, 1.54) is 5.56 Å². The summed E-state index contributed by atoms with van der Waals surface area (Å²) in [5.74, 6) is 0. The number of hydrogen-bond acceptors (Lipinski definition) is 1. The molecule has 0 saturated carbocycles. The van der Waals surface area contributed by atoms with Crippen LogP contribution in [-0.2, 0) is 0 Å². The minimum atomic E-state index is -0.369. The topological polar surface area (TPSA) is 20.2 Å². The zero-order chi connectivity index (χ0) is 8.97. The molecule has 0 aromatic heterocycles. The second-order valence-electron chi connectivity index (χ2n) is 3.01. The van der Waals surface area contributed by atoms with Crippen LogP contribution in [0.1, 0.15) is 18.1 Å². The van der Waals surface area contributed by atoms with E-state index in [4.69, 9.17) is 5.11 Å². The van der Waals surface area contributed by atoms with Crippen LogP contribution in [0.25, 0.3) is 6.08 Å². The van der Waals surface area contributed by atoms with E-state index in [-0.39, 0.29) is 6.10 Å². The maximum Gasteiger partial charge on any atom is 0.0696 e. The van der Waals surface area contributed by atoms with Gasteiger partial charge in [0, 0.05) is 0 Å². The molecular weight excluding hydrogens is 148 g/mol. The summed E-state index contributed by atoms with van der Waals surface area (Å²) in [6.07, 6.45) is 3.32. The van der Waals surface area contributed by atoms with Crippen molar-refractivity contribution in [3.63, 3.8) is 0 Å². The van der Waals surface area contributed by atoms with E-state index >= 15 is 0 Å². The molecule has 0 spiro atoms. The molecule has 0 heterocycles. The number of hydrogen-bond donors (Lipinski definition) is 1. The van der Waals surface area contributed by atoms with Gasteiger partial charge in [-0.2, -0.15) is 0 Å². The fourth-order valence-electron chi connectivity index (χ4n) is 0.928. The highest BCUT2D eigenvalue weighted by Gasteiger charge is 1.88. The van der Waals surface area contributed by atoms with Crippen molar-refractivity contribution in [2.75, 3.05) is 0 Å². The quantitative estimate of drug-likeness (QED) is 0.708. The van der Waals surface area contributed by atoms with Gasteiger partial charge in [-0.15, -0.1) is 0 Å². The molecule has 0 radical (unpaired) electrons. The van der Waals surface area contributed by atoms with Crippen molar-refractivity contribution in [3.8, 4) is 0 Å². The van der Waals surface area contributed by atoms with Crippen molar-refractivity contribution >= 4 is 6.08 Å². The summed E-state index contributed by atoms with van der Waals surface area (Å²) in [6.45, 7) is 3.80. The first kappa shape index (κ1) is 9.01. The monoisotopic (exact) mass is 162 g/mol. The zero-order valence-corrected chi connectivity index (χ0v) is 7.49. The largest absolute Gasteiger partial charge is 0.389 e. The number of aliphatic hydroxyl groups is 1. The van der Waals surface area contributed by atoms with Crippen LogP contribution in [0.2, 0.25) is 0 Å². The predicted molar refractivity (Wildman–Crippen MR) is 51.9 cm³/mol. The summed E-state index contributed by atoms with van der Waals surface area (Å²) in [4.78, 5) is 0. The molecule has 0 aliphatic rings. The molecule has 1 atom stereocenters. The molecule has 0 fully saturated rings. The van der Waals surface area contributed by atoms with Crippen molar-refractivity contribution in [1.29, 1.82) is 0 Å². The second kappa shape index (κ2) is 4.07. The molecule has 1 heteroatoms. The van der Waals surface area contributed by atoms with Crippen molar-refractivity contribution < 1.29 is 5.11 Å². The molecule has 1 unspecified atom stereocenters. The van der Waals surface area contributed by atoms with Crippen LogP contribution in [0.3, 0.4) is 0 Å². The third kappa shape index (κ3) is 2.89. The smallest absolute Gasteiger partial charge is 0.0696 e. The minimum Gasteiger partial charge on any atom is -0.389 e. The average Bonchev–Trinajstić information content (AvgIpc) is 2.03. The lowest BCUT2D eigenvalue weighted by molar-refractivity contribution is 0.245. The fourth-order valence-corrected chi connectivity index (χ4v) is 0.928. The number of benzene rings is 1. The van der Waals surface area contributed by atoms with Gasteiger partial charge in [-0.25, -0.2) is 0 Å². The minimum absolute atomic E-state index is 0.369. The molecule has 0 amide bonds. The van der Waals surface area contributed by atoms with E-state index in [1.54, 1.807) is 13.0 Å². The van der Waals surface area contributed by atoms with Gasteiger partial charge in [0.05, 0.1) is 6.10 Å². The molecule has 1 rings (SSSR count). The third-order valence-electron chi connectivity index (χ3n) is 1.64. The fraction of sp³-hybridized carbons (Fsp3) is 0.273. The number of aryl methyl sites for hydroxylation is 1. The summed E-state index contributed by atoms with van der Waals surface area (Å²) in [5, 5.41) is 8.98. The van der Waals surface area contributed by atoms with Crippen LogP contribution >= 0.6 is 0 Å². The highest BCUT2D eigenvalue weighted by molar-refractivity contribution is 5.49. The summed E-state index contributed by atoms with van der Waals surface area (Å²) >= 11 is 0. The van der Waals surface area contributed by atoms with E-state index in [0.717, 1.165) is 5.56 Å².